The number of hydrogen-bond donors (Lipinski definition) is 1. The van der Waals surface area contributed by atoms with E-state index in [0.717, 1.165) is 18.7 Å². The van der Waals surface area contributed by atoms with Crippen molar-refractivity contribution >= 4 is 11.8 Å². The Morgan fingerprint density at radius 1 is 1.22 bits per heavy atom. The zero-order chi connectivity index (χ0) is 12.6. The van der Waals surface area contributed by atoms with Gasteiger partial charge in [-0.2, -0.15) is 0 Å². The minimum absolute atomic E-state index is 0.484. The third-order valence-electron chi connectivity index (χ3n) is 2.75. The van der Waals surface area contributed by atoms with Gasteiger partial charge in [-0.3, -0.25) is 0 Å². The summed E-state index contributed by atoms with van der Waals surface area (Å²) < 4.78 is 5.12. The smallest absolute Gasteiger partial charge is 0.0935 e. The Morgan fingerprint density at radius 2 is 2.06 bits per heavy atom. The zero-order valence-corrected chi connectivity index (χ0v) is 11.5. The van der Waals surface area contributed by atoms with E-state index in [4.69, 9.17) is 4.42 Å². The lowest BCUT2D eigenvalue weighted by atomic mass is 10.1. The maximum absolute atomic E-state index is 5.12. The fraction of sp³-hybridized carbons (Fsp3) is 0.333. The molecule has 1 atom stereocenters. The second-order valence-corrected chi connectivity index (χ2v) is 5.31. The van der Waals surface area contributed by atoms with Gasteiger partial charge in [-0.1, -0.05) is 25.1 Å². The molecule has 2 rings (SSSR count). The van der Waals surface area contributed by atoms with Crippen molar-refractivity contribution in [2.24, 2.45) is 0 Å². The SMILES string of the molecule is CCNC(CSc1ccccc1)Cc1ccoc1. The predicted molar refractivity (Wildman–Crippen MR) is 77.0 cm³/mol. The molecule has 1 aromatic carbocycles. The van der Waals surface area contributed by atoms with E-state index in [9.17, 15) is 0 Å². The molecule has 0 aliphatic heterocycles. The standard InChI is InChI=1S/C15H19NOS/c1-2-16-14(10-13-8-9-17-11-13)12-18-15-6-4-3-5-7-15/h3-9,11,14,16H,2,10,12H2,1H3. The van der Waals surface area contributed by atoms with E-state index in [1.54, 1.807) is 6.26 Å². The number of furan rings is 1. The van der Waals surface area contributed by atoms with Crippen molar-refractivity contribution in [3.8, 4) is 0 Å². The van der Waals surface area contributed by atoms with Crippen molar-refractivity contribution in [3.63, 3.8) is 0 Å². The second-order valence-electron chi connectivity index (χ2n) is 4.21. The molecule has 96 valence electrons. The van der Waals surface area contributed by atoms with Crippen LogP contribution in [0.2, 0.25) is 0 Å². The number of nitrogens with one attached hydrogen (secondary N) is 1. The van der Waals surface area contributed by atoms with Crippen molar-refractivity contribution in [2.75, 3.05) is 12.3 Å². The lowest BCUT2D eigenvalue weighted by molar-refractivity contribution is 0.547. The van der Waals surface area contributed by atoms with Crippen LogP contribution in [-0.2, 0) is 6.42 Å². The van der Waals surface area contributed by atoms with Crippen LogP contribution in [0.1, 0.15) is 12.5 Å². The average molecular weight is 261 g/mol. The van der Waals surface area contributed by atoms with Crippen LogP contribution < -0.4 is 5.32 Å². The van der Waals surface area contributed by atoms with Gasteiger partial charge in [0.15, 0.2) is 0 Å². The van der Waals surface area contributed by atoms with E-state index in [1.807, 2.05) is 24.1 Å². The summed E-state index contributed by atoms with van der Waals surface area (Å²) in [6, 6.07) is 13.1. The van der Waals surface area contributed by atoms with E-state index in [-0.39, 0.29) is 0 Å². The summed E-state index contributed by atoms with van der Waals surface area (Å²) in [7, 11) is 0. The van der Waals surface area contributed by atoms with Crippen molar-refractivity contribution in [3.05, 3.63) is 54.5 Å². The Kier molecular flexibility index (Phi) is 5.36. The van der Waals surface area contributed by atoms with Crippen LogP contribution in [-0.4, -0.2) is 18.3 Å². The lowest BCUT2D eigenvalue weighted by Crippen LogP contribution is -2.33. The largest absolute Gasteiger partial charge is 0.472 e. The van der Waals surface area contributed by atoms with Crippen LogP contribution in [0, 0.1) is 0 Å². The number of likely N-dealkylation sites (N-methyl/N-ethyl adjacent to an activating group) is 1. The molecule has 0 spiro atoms. The molecule has 0 saturated carbocycles. The molecule has 0 aliphatic carbocycles. The summed E-state index contributed by atoms with van der Waals surface area (Å²) in [5, 5.41) is 3.53. The van der Waals surface area contributed by atoms with E-state index in [1.165, 1.54) is 10.5 Å². The topological polar surface area (TPSA) is 25.2 Å². The highest BCUT2D eigenvalue weighted by molar-refractivity contribution is 7.99. The number of thioether (sulfide) groups is 1. The molecule has 2 aromatic rings. The van der Waals surface area contributed by atoms with Gasteiger partial charge in [-0.15, -0.1) is 11.8 Å². The lowest BCUT2D eigenvalue weighted by Gasteiger charge is -2.16. The summed E-state index contributed by atoms with van der Waals surface area (Å²) in [5.41, 5.74) is 1.26. The van der Waals surface area contributed by atoms with Crippen molar-refractivity contribution < 1.29 is 4.42 Å². The minimum atomic E-state index is 0.484. The normalized spacial score (nSPS) is 12.5. The van der Waals surface area contributed by atoms with Crippen LogP contribution >= 0.6 is 11.8 Å². The number of benzene rings is 1. The monoisotopic (exact) mass is 261 g/mol. The van der Waals surface area contributed by atoms with Crippen LogP contribution in [0.25, 0.3) is 0 Å². The quantitative estimate of drug-likeness (QED) is 0.771. The molecule has 18 heavy (non-hydrogen) atoms. The first-order chi connectivity index (χ1) is 8.88. The van der Waals surface area contributed by atoms with Gasteiger partial charge in [0.25, 0.3) is 0 Å². The zero-order valence-electron chi connectivity index (χ0n) is 10.6. The molecule has 1 heterocycles. The maximum Gasteiger partial charge on any atom is 0.0935 e. The van der Waals surface area contributed by atoms with Crippen molar-refractivity contribution in [2.45, 2.75) is 24.3 Å². The molecular formula is C15H19NOS. The van der Waals surface area contributed by atoms with Crippen molar-refractivity contribution in [1.82, 2.24) is 5.32 Å². The van der Waals surface area contributed by atoms with Gasteiger partial charge in [0.2, 0.25) is 0 Å². The molecule has 0 amide bonds. The molecule has 2 nitrogen and oxygen atoms in total. The van der Waals surface area contributed by atoms with E-state index >= 15 is 0 Å². The molecule has 0 radical (unpaired) electrons. The Labute approximate surface area is 113 Å². The van der Waals surface area contributed by atoms with Gasteiger partial charge in [0, 0.05) is 16.7 Å². The van der Waals surface area contributed by atoms with Gasteiger partial charge in [0.1, 0.15) is 0 Å². The Balaban J connectivity index is 1.86. The minimum Gasteiger partial charge on any atom is -0.472 e. The number of rotatable bonds is 7. The third-order valence-corrected chi connectivity index (χ3v) is 3.92. The first kappa shape index (κ1) is 13.2. The molecule has 0 fully saturated rings. The molecule has 0 saturated heterocycles. The summed E-state index contributed by atoms with van der Waals surface area (Å²) in [6.45, 7) is 3.15. The van der Waals surface area contributed by atoms with Crippen LogP contribution in [0.15, 0.2) is 58.2 Å². The average Bonchev–Trinajstić information content (AvgIpc) is 2.90. The fourth-order valence-corrected chi connectivity index (χ4v) is 2.86. The molecule has 1 N–H and O–H groups in total. The van der Waals surface area contributed by atoms with Crippen LogP contribution in [0.3, 0.4) is 0 Å². The Hall–Kier alpha value is -1.19. The summed E-state index contributed by atoms with van der Waals surface area (Å²) >= 11 is 1.90. The van der Waals surface area contributed by atoms with Gasteiger partial charge in [0.05, 0.1) is 12.5 Å². The summed E-state index contributed by atoms with van der Waals surface area (Å²) in [5.74, 6) is 1.07. The van der Waals surface area contributed by atoms with Gasteiger partial charge in [-0.05, 0) is 36.7 Å². The first-order valence-corrected chi connectivity index (χ1v) is 7.29. The van der Waals surface area contributed by atoms with E-state index in [2.05, 4.69) is 42.6 Å². The highest BCUT2D eigenvalue weighted by atomic mass is 32.2. The Bertz CT molecular complexity index is 427. The van der Waals surface area contributed by atoms with Gasteiger partial charge in [-0.25, -0.2) is 0 Å². The van der Waals surface area contributed by atoms with Gasteiger partial charge < -0.3 is 9.73 Å². The molecule has 0 aliphatic rings. The molecule has 1 unspecified atom stereocenters. The molecule has 1 aromatic heterocycles. The van der Waals surface area contributed by atoms with E-state index in [0.29, 0.717) is 6.04 Å². The molecule has 0 bridgehead atoms. The highest BCUT2D eigenvalue weighted by Crippen LogP contribution is 2.19. The fourth-order valence-electron chi connectivity index (χ4n) is 1.89. The maximum atomic E-state index is 5.12. The third kappa shape index (κ3) is 4.24. The summed E-state index contributed by atoms with van der Waals surface area (Å²) in [6.07, 6.45) is 4.59. The van der Waals surface area contributed by atoms with E-state index < -0.39 is 0 Å². The van der Waals surface area contributed by atoms with Crippen LogP contribution in [0.4, 0.5) is 0 Å². The summed E-state index contributed by atoms with van der Waals surface area (Å²) in [4.78, 5) is 1.33. The first-order valence-electron chi connectivity index (χ1n) is 6.30. The van der Waals surface area contributed by atoms with Gasteiger partial charge >= 0.3 is 0 Å². The molecule has 3 heteroatoms. The second kappa shape index (κ2) is 7.29. The highest BCUT2D eigenvalue weighted by Gasteiger charge is 2.09. The molecular weight excluding hydrogens is 242 g/mol. The van der Waals surface area contributed by atoms with Crippen LogP contribution in [0.5, 0.6) is 0 Å². The predicted octanol–water partition coefficient (Wildman–Crippen LogP) is 3.59. The number of hydrogen-bond acceptors (Lipinski definition) is 3. The Morgan fingerprint density at radius 3 is 2.72 bits per heavy atom. The van der Waals surface area contributed by atoms with Crippen molar-refractivity contribution in [1.29, 1.82) is 0 Å².